The molecule has 1 aromatic heterocycles. The zero-order valence-corrected chi connectivity index (χ0v) is 10.4. The second-order valence-electron chi connectivity index (χ2n) is 5.08. The number of halogens is 1. The normalized spacial score (nSPS) is 12.1. The van der Waals surface area contributed by atoms with E-state index in [1.807, 2.05) is 26.8 Å². The van der Waals surface area contributed by atoms with E-state index in [1.165, 1.54) is 12.1 Å². The summed E-state index contributed by atoms with van der Waals surface area (Å²) < 4.78 is 13.2. The molecule has 2 aromatic rings. The summed E-state index contributed by atoms with van der Waals surface area (Å²) in [6, 6.07) is 6.71. The Balaban J connectivity index is 2.69. The van der Waals surface area contributed by atoms with Crippen LogP contribution in [0.5, 0.6) is 0 Å². The van der Waals surface area contributed by atoms with Crippen molar-refractivity contribution in [2.45, 2.75) is 26.2 Å². The molecular weight excluding hydrogens is 215 g/mol. The molecular formula is C14H17FN2. The molecule has 1 heterocycles. The highest BCUT2D eigenvalue weighted by atomic mass is 19.1. The molecule has 0 saturated carbocycles. The van der Waals surface area contributed by atoms with Gasteiger partial charge in [0.05, 0.1) is 11.2 Å². The Labute approximate surface area is 101 Å². The van der Waals surface area contributed by atoms with Crippen LogP contribution in [-0.2, 0) is 5.41 Å². The first kappa shape index (κ1) is 12.0. The van der Waals surface area contributed by atoms with E-state index in [9.17, 15) is 4.39 Å². The van der Waals surface area contributed by atoms with Gasteiger partial charge in [-0.2, -0.15) is 0 Å². The van der Waals surface area contributed by atoms with Crippen LogP contribution in [0.4, 0.5) is 4.39 Å². The van der Waals surface area contributed by atoms with Gasteiger partial charge in [-0.1, -0.05) is 13.8 Å². The molecule has 0 spiro atoms. The fourth-order valence-corrected chi connectivity index (χ4v) is 2.03. The lowest BCUT2D eigenvalue weighted by molar-refractivity contribution is 0.520. The van der Waals surface area contributed by atoms with Gasteiger partial charge in [0, 0.05) is 23.4 Å². The highest BCUT2D eigenvalue weighted by Crippen LogP contribution is 2.26. The van der Waals surface area contributed by atoms with Gasteiger partial charge in [0.2, 0.25) is 0 Å². The number of rotatable bonds is 2. The number of benzene rings is 1. The molecule has 2 nitrogen and oxygen atoms in total. The monoisotopic (exact) mass is 232 g/mol. The Morgan fingerprint density at radius 1 is 1.29 bits per heavy atom. The summed E-state index contributed by atoms with van der Waals surface area (Å²) in [5, 5.41) is 0.959. The number of pyridine rings is 1. The van der Waals surface area contributed by atoms with E-state index in [1.54, 1.807) is 6.07 Å². The van der Waals surface area contributed by atoms with Crippen molar-refractivity contribution in [3.63, 3.8) is 0 Å². The van der Waals surface area contributed by atoms with Crippen LogP contribution in [0.3, 0.4) is 0 Å². The molecule has 0 aliphatic carbocycles. The van der Waals surface area contributed by atoms with Crippen LogP contribution in [0.1, 0.15) is 25.1 Å². The highest BCUT2D eigenvalue weighted by molar-refractivity contribution is 5.79. The molecule has 90 valence electrons. The third-order valence-corrected chi connectivity index (χ3v) is 3.12. The summed E-state index contributed by atoms with van der Waals surface area (Å²) >= 11 is 0. The van der Waals surface area contributed by atoms with Crippen molar-refractivity contribution in [1.82, 2.24) is 4.98 Å². The van der Waals surface area contributed by atoms with Gasteiger partial charge in [-0.25, -0.2) is 4.39 Å². The number of hydrogen-bond donors (Lipinski definition) is 1. The van der Waals surface area contributed by atoms with E-state index in [4.69, 9.17) is 5.73 Å². The number of nitrogens with zero attached hydrogens (tertiary/aromatic N) is 1. The van der Waals surface area contributed by atoms with E-state index in [2.05, 4.69) is 4.98 Å². The van der Waals surface area contributed by atoms with Gasteiger partial charge in [0.15, 0.2) is 0 Å². The van der Waals surface area contributed by atoms with Gasteiger partial charge in [-0.15, -0.1) is 0 Å². The van der Waals surface area contributed by atoms with Gasteiger partial charge in [0.25, 0.3) is 0 Å². The predicted molar refractivity (Wildman–Crippen MR) is 68.5 cm³/mol. The molecule has 0 saturated heterocycles. The molecule has 0 bridgehead atoms. The molecule has 0 fully saturated rings. The van der Waals surface area contributed by atoms with Crippen molar-refractivity contribution >= 4 is 10.9 Å². The largest absolute Gasteiger partial charge is 0.330 e. The topological polar surface area (TPSA) is 38.9 Å². The fourth-order valence-electron chi connectivity index (χ4n) is 2.03. The summed E-state index contributed by atoms with van der Waals surface area (Å²) in [5.41, 5.74) is 8.30. The second kappa shape index (κ2) is 4.08. The van der Waals surface area contributed by atoms with Crippen LogP contribution in [-0.4, -0.2) is 11.5 Å². The molecule has 0 aliphatic rings. The van der Waals surface area contributed by atoms with Crippen molar-refractivity contribution in [2.24, 2.45) is 5.73 Å². The minimum absolute atomic E-state index is 0.190. The van der Waals surface area contributed by atoms with Crippen LogP contribution in [0, 0.1) is 12.7 Å². The SMILES string of the molecule is Cc1cc2ccc(F)cc2nc1C(C)(C)CN. The molecule has 2 rings (SSSR count). The lowest BCUT2D eigenvalue weighted by atomic mass is 9.86. The quantitative estimate of drug-likeness (QED) is 0.864. The Morgan fingerprint density at radius 2 is 2.00 bits per heavy atom. The average molecular weight is 232 g/mol. The summed E-state index contributed by atoms with van der Waals surface area (Å²) in [6.07, 6.45) is 0. The maximum absolute atomic E-state index is 13.2. The van der Waals surface area contributed by atoms with E-state index < -0.39 is 0 Å². The van der Waals surface area contributed by atoms with Crippen LogP contribution in [0.25, 0.3) is 10.9 Å². The summed E-state index contributed by atoms with van der Waals surface area (Å²) in [4.78, 5) is 4.56. The number of fused-ring (bicyclic) bond motifs is 1. The Kier molecular flexibility index (Phi) is 2.87. The van der Waals surface area contributed by atoms with Crippen molar-refractivity contribution in [2.75, 3.05) is 6.54 Å². The van der Waals surface area contributed by atoms with Crippen molar-refractivity contribution < 1.29 is 4.39 Å². The third kappa shape index (κ3) is 2.15. The van der Waals surface area contributed by atoms with Crippen molar-refractivity contribution in [3.05, 3.63) is 41.3 Å². The molecule has 0 radical (unpaired) electrons. The maximum atomic E-state index is 13.2. The van der Waals surface area contributed by atoms with E-state index in [-0.39, 0.29) is 11.2 Å². The van der Waals surface area contributed by atoms with Gasteiger partial charge in [-0.3, -0.25) is 4.98 Å². The maximum Gasteiger partial charge on any atom is 0.125 e. The summed E-state index contributed by atoms with van der Waals surface area (Å²) in [7, 11) is 0. The van der Waals surface area contributed by atoms with Crippen molar-refractivity contribution in [3.8, 4) is 0 Å². The minimum Gasteiger partial charge on any atom is -0.330 e. The van der Waals surface area contributed by atoms with Crippen LogP contribution in [0.2, 0.25) is 0 Å². The molecule has 0 unspecified atom stereocenters. The molecule has 17 heavy (non-hydrogen) atoms. The van der Waals surface area contributed by atoms with E-state index >= 15 is 0 Å². The van der Waals surface area contributed by atoms with Crippen molar-refractivity contribution in [1.29, 1.82) is 0 Å². The first-order valence-corrected chi connectivity index (χ1v) is 5.71. The smallest absolute Gasteiger partial charge is 0.125 e. The lowest BCUT2D eigenvalue weighted by Crippen LogP contribution is -2.30. The highest BCUT2D eigenvalue weighted by Gasteiger charge is 2.22. The molecule has 0 aliphatic heterocycles. The zero-order chi connectivity index (χ0) is 12.6. The molecule has 0 amide bonds. The zero-order valence-electron chi connectivity index (χ0n) is 10.4. The molecule has 0 atom stereocenters. The molecule has 3 heteroatoms. The summed E-state index contributed by atoms with van der Waals surface area (Å²) in [6.45, 7) is 6.63. The Bertz CT molecular complexity index is 561. The first-order chi connectivity index (χ1) is 7.94. The van der Waals surface area contributed by atoms with Crippen LogP contribution < -0.4 is 5.73 Å². The Morgan fingerprint density at radius 3 is 2.65 bits per heavy atom. The van der Waals surface area contributed by atoms with Crippen LogP contribution >= 0.6 is 0 Å². The number of nitrogens with two attached hydrogens (primary N) is 1. The third-order valence-electron chi connectivity index (χ3n) is 3.12. The van der Waals surface area contributed by atoms with Gasteiger partial charge >= 0.3 is 0 Å². The minimum atomic E-state index is -0.259. The predicted octanol–water partition coefficient (Wildman–Crippen LogP) is 2.92. The van der Waals surface area contributed by atoms with Crippen LogP contribution in [0.15, 0.2) is 24.3 Å². The standard InChI is InChI=1S/C14H17FN2/c1-9-6-10-4-5-11(15)7-12(10)17-13(9)14(2,3)8-16/h4-7H,8,16H2,1-3H3. The van der Waals surface area contributed by atoms with E-state index in [0.29, 0.717) is 12.1 Å². The number of aryl methyl sites for hydroxylation is 1. The fraction of sp³-hybridized carbons (Fsp3) is 0.357. The molecule has 2 N–H and O–H groups in total. The first-order valence-electron chi connectivity index (χ1n) is 5.71. The van der Waals surface area contributed by atoms with Gasteiger partial charge in [0.1, 0.15) is 5.82 Å². The van der Waals surface area contributed by atoms with E-state index in [0.717, 1.165) is 16.6 Å². The molecule has 1 aromatic carbocycles. The Hall–Kier alpha value is -1.48. The summed E-state index contributed by atoms with van der Waals surface area (Å²) in [5.74, 6) is -0.259. The number of hydrogen-bond acceptors (Lipinski definition) is 2. The lowest BCUT2D eigenvalue weighted by Gasteiger charge is -2.24. The number of aromatic nitrogens is 1. The second-order valence-corrected chi connectivity index (χ2v) is 5.08. The van der Waals surface area contributed by atoms with Gasteiger partial charge < -0.3 is 5.73 Å². The van der Waals surface area contributed by atoms with Gasteiger partial charge in [-0.05, 0) is 30.7 Å². The average Bonchev–Trinajstić information content (AvgIpc) is 2.28.